The molecule has 0 spiro atoms. The third kappa shape index (κ3) is 3.40. The van der Waals surface area contributed by atoms with Crippen molar-refractivity contribution in [1.82, 2.24) is 9.80 Å². The van der Waals surface area contributed by atoms with Crippen LogP contribution in [0.1, 0.15) is 33.1 Å². The minimum atomic E-state index is -0.754. The number of barbiturate groups is 1. The van der Waals surface area contributed by atoms with Crippen LogP contribution in [0.4, 0.5) is 4.79 Å². The first-order chi connectivity index (χ1) is 11.1. The summed E-state index contributed by atoms with van der Waals surface area (Å²) in [6, 6.07) is -0.520. The zero-order chi connectivity index (χ0) is 16.6. The van der Waals surface area contributed by atoms with E-state index < -0.39 is 11.9 Å². The van der Waals surface area contributed by atoms with E-state index in [2.05, 4.69) is 0 Å². The molecule has 0 radical (unpaired) electrons. The molecule has 0 aromatic heterocycles. The summed E-state index contributed by atoms with van der Waals surface area (Å²) in [5, 5.41) is 0. The number of ether oxygens (including phenoxy) is 2. The molecule has 7 heteroatoms. The smallest absolute Gasteiger partial charge is 0.333 e. The normalized spacial score (nSPS) is 31.6. The Kier molecular flexibility index (Phi) is 4.68. The minimum absolute atomic E-state index is 0.0293. The topological polar surface area (TPSA) is 82.8 Å². The Hall–Kier alpha value is -1.47. The minimum Gasteiger partial charge on any atom is -0.371 e. The van der Waals surface area contributed by atoms with Crippen molar-refractivity contribution >= 4 is 17.8 Å². The van der Waals surface area contributed by atoms with Crippen LogP contribution in [-0.2, 0) is 19.1 Å². The summed E-state index contributed by atoms with van der Waals surface area (Å²) in [6.45, 7) is 5.64. The Balaban J connectivity index is 1.83. The predicted octanol–water partition coefficient (Wildman–Crippen LogP) is 1.02. The monoisotopic (exact) mass is 324 g/mol. The van der Waals surface area contributed by atoms with Gasteiger partial charge in [-0.25, -0.2) is 4.79 Å². The second kappa shape index (κ2) is 6.57. The molecule has 3 saturated heterocycles. The quantitative estimate of drug-likeness (QED) is 0.492. The van der Waals surface area contributed by atoms with Gasteiger partial charge >= 0.3 is 6.03 Å². The summed E-state index contributed by atoms with van der Waals surface area (Å²) in [7, 11) is 0. The van der Waals surface area contributed by atoms with Crippen LogP contribution in [0.3, 0.4) is 0 Å². The van der Waals surface area contributed by atoms with E-state index in [1.165, 1.54) is 9.80 Å². The van der Waals surface area contributed by atoms with Crippen LogP contribution >= 0.6 is 0 Å². The van der Waals surface area contributed by atoms with Gasteiger partial charge in [0, 0.05) is 0 Å². The summed E-state index contributed by atoms with van der Waals surface area (Å²) in [6.07, 6.45) is 2.28. The Morgan fingerprint density at radius 2 is 1.48 bits per heavy atom. The van der Waals surface area contributed by atoms with Gasteiger partial charge < -0.3 is 9.47 Å². The van der Waals surface area contributed by atoms with E-state index in [0.29, 0.717) is 13.2 Å². The van der Waals surface area contributed by atoms with Gasteiger partial charge in [-0.2, -0.15) is 0 Å². The summed E-state index contributed by atoms with van der Waals surface area (Å²) in [5.41, 5.74) is 0. The van der Waals surface area contributed by atoms with Gasteiger partial charge in [0.1, 0.15) is 5.92 Å². The lowest BCUT2D eigenvalue weighted by atomic mass is 9.83. The third-order valence-electron chi connectivity index (χ3n) is 4.76. The maximum atomic E-state index is 12.8. The van der Waals surface area contributed by atoms with Gasteiger partial charge in [0.05, 0.1) is 38.5 Å². The average molecular weight is 324 g/mol. The van der Waals surface area contributed by atoms with E-state index >= 15 is 0 Å². The van der Waals surface area contributed by atoms with E-state index in [9.17, 15) is 14.4 Å². The van der Waals surface area contributed by atoms with Gasteiger partial charge in [-0.1, -0.05) is 26.7 Å². The zero-order valence-corrected chi connectivity index (χ0v) is 13.7. The fourth-order valence-corrected chi connectivity index (χ4v) is 3.25. The molecule has 3 rings (SSSR count). The van der Waals surface area contributed by atoms with E-state index in [4.69, 9.17) is 9.47 Å². The zero-order valence-electron chi connectivity index (χ0n) is 13.7. The molecule has 0 saturated carbocycles. The molecule has 4 amide bonds. The van der Waals surface area contributed by atoms with Gasteiger partial charge in [0.25, 0.3) is 0 Å². The Morgan fingerprint density at radius 3 is 1.83 bits per heavy atom. The van der Waals surface area contributed by atoms with Crippen LogP contribution < -0.4 is 0 Å². The summed E-state index contributed by atoms with van der Waals surface area (Å²) in [5.74, 6) is -1.50. The van der Waals surface area contributed by atoms with Crippen molar-refractivity contribution in [3.05, 3.63) is 0 Å². The molecule has 23 heavy (non-hydrogen) atoms. The molecule has 3 fully saturated rings. The highest BCUT2D eigenvalue weighted by molar-refractivity contribution is 6.16. The van der Waals surface area contributed by atoms with Crippen molar-refractivity contribution in [3.8, 4) is 0 Å². The first-order valence-electron chi connectivity index (χ1n) is 8.46. The van der Waals surface area contributed by atoms with E-state index in [1.807, 2.05) is 13.8 Å². The second-order valence-corrected chi connectivity index (χ2v) is 6.53. The van der Waals surface area contributed by atoms with Gasteiger partial charge in [-0.3, -0.25) is 19.4 Å². The number of imide groups is 2. The molecule has 3 heterocycles. The SMILES string of the molecule is CCCC(CC)C1C(=O)N(CC2CO2)C(=O)N(CC2CO2)C1=O. The molecule has 0 bridgehead atoms. The van der Waals surface area contributed by atoms with Crippen molar-refractivity contribution < 1.29 is 23.9 Å². The van der Waals surface area contributed by atoms with E-state index in [0.717, 1.165) is 19.3 Å². The van der Waals surface area contributed by atoms with Crippen LogP contribution in [-0.4, -0.2) is 66.2 Å². The Morgan fingerprint density at radius 1 is 1.00 bits per heavy atom. The molecular weight excluding hydrogens is 300 g/mol. The van der Waals surface area contributed by atoms with Gasteiger partial charge in [-0.15, -0.1) is 0 Å². The number of carbonyl (C=O) groups is 3. The predicted molar refractivity (Wildman–Crippen MR) is 80.5 cm³/mol. The van der Waals surface area contributed by atoms with Crippen molar-refractivity contribution in [2.75, 3.05) is 26.3 Å². The fraction of sp³-hybridized carbons (Fsp3) is 0.812. The highest BCUT2D eigenvalue weighted by Crippen LogP contribution is 2.31. The Labute approximate surface area is 135 Å². The molecule has 3 aliphatic heterocycles. The van der Waals surface area contributed by atoms with Crippen LogP contribution in [0.25, 0.3) is 0 Å². The summed E-state index contributed by atoms with van der Waals surface area (Å²) in [4.78, 5) is 40.6. The van der Waals surface area contributed by atoms with Crippen LogP contribution in [0.15, 0.2) is 0 Å². The summed E-state index contributed by atoms with van der Waals surface area (Å²) < 4.78 is 10.3. The van der Waals surface area contributed by atoms with Crippen molar-refractivity contribution in [2.45, 2.75) is 45.3 Å². The molecule has 0 aromatic rings. The molecule has 3 unspecified atom stereocenters. The number of urea groups is 1. The van der Waals surface area contributed by atoms with E-state index in [-0.39, 0.29) is 43.0 Å². The molecule has 3 atom stereocenters. The highest BCUT2D eigenvalue weighted by Gasteiger charge is 2.50. The number of nitrogens with zero attached hydrogens (tertiary/aromatic N) is 2. The molecule has 0 aromatic carbocycles. The standard InChI is InChI=1S/C16H24N2O5/c1-3-5-10(4-2)13-14(19)17(6-11-8-22-11)16(21)18(15(13)20)7-12-9-23-12/h10-13H,3-9H2,1-2H3. The highest BCUT2D eigenvalue weighted by atomic mass is 16.6. The largest absolute Gasteiger partial charge is 0.371 e. The molecule has 3 aliphatic rings. The number of epoxide rings is 2. The number of hydrogen-bond donors (Lipinski definition) is 0. The lowest BCUT2D eigenvalue weighted by molar-refractivity contribution is -0.152. The summed E-state index contributed by atoms with van der Waals surface area (Å²) >= 11 is 0. The second-order valence-electron chi connectivity index (χ2n) is 6.53. The van der Waals surface area contributed by atoms with E-state index in [1.54, 1.807) is 0 Å². The van der Waals surface area contributed by atoms with Gasteiger partial charge in [-0.05, 0) is 12.3 Å². The number of rotatable bonds is 8. The molecule has 128 valence electrons. The van der Waals surface area contributed by atoms with Crippen LogP contribution in [0.2, 0.25) is 0 Å². The van der Waals surface area contributed by atoms with Gasteiger partial charge in [0.15, 0.2) is 0 Å². The van der Waals surface area contributed by atoms with Crippen molar-refractivity contribution in [3.63, 3.8) is 0 Å². The molecule has 7 nitrogen and oxygen atoms in total. The first-order valence-corrected chi connectivity index (χ1v) is 8.46. The molecular formula is C16H24N2O5. The van der Waals surface area contributed by atoms with Crippen molar-refractivity contribution in [1.29, 1.82) is 0 Å². The molecule has 0 N–H and O–H groups in total. The fourth-order valence-electron chi connectivity index (χ4n) is 3.25. The average Bonchev–Trinajstić information content (AvgIpc) is 3.42. The van der Waals surface area contributed by atoms with Crippen LogP contribution in [0, 0.1) is 11.8 Å². The third-order valence-corrected chi connectivity index (χ3v) is 4.76. The maximum absolute atomic E-state index is 12.8. The maximum Gasteiger partial charge on any atom is 0.333 e. The lowest BCUT2D eigenvalue weighted by Crippen LogP contribution is -2.62. The number of hydrogen-bond acceptors (Lipinski definition) is 5. The van der Waals surface area contributed by atoms with Gasteiger partial charge in [0.2, 0.25) is 11.8 Å². The number of carbonyl (C=O) groups excluding carboxylic acids is 3. The molecule has 0 aliphatic carbocycles. The Bertz CT molecular complexity index is 465. The van der Waals surface area contributed by atoms with Crippen molar-refractivity contribution in [2.24, 2.45) is 11.8 Å². The van der Waals surface area contributed by atoms with Crippen LogP contribution in [0.5, 0.6) is 0 Å². The number of amides is 4. The first kappa shape index (κ1) is 16.4. The lowest BCUT2D eigenvalue weighted by Gasteiger charge is -2.39.